The molecule has 7 heteroatoms. The van der Waals surface area contributed by atoms with E-state index in [2.05, 4.69) is 10.6 Å². The molecule has 0 spiro atoms. The number of carbonyl (C=O) groups is 1. The molecule has 128 valence electrons. The second kappa shape index (κ2) is 8.73. The molecule has 2 amide bonds. The van der Waals surface area contributed by atoms with Crippen molar-refractivity contribution >= 4 is 11.7 Å². The van der Waals surface area contributed by atoms with Crippen LogP contribution in [0.25, 0.3) is 0 Å². The molecule has 0 aliphatic rings. The van der Waals surface area contributed by atoms with Crippen molar-refractivity contribution in [2.75, 3.05) is 25.6 Å². The van der Waals surface area contributed by atoms with Crippen LogP contribution in [0, 0.1) is 5.82 Å². The number of hydrogen-bond donors (Lipinski definition) is 3. The number of rotatable bonds is 7. The van der Waals surface area contributed by atoms with E-state index in [1.807, 2.05) is 0 Å². The highest BCUT2D eigenvalue weighted by Crippen LogP contribution is 2.28. The van der Waals surface area contributed by atoms with E-state index in [0.717, 1.165) is 5.56 Å². The van der Waals surface area contributed by atoms with Gasteiger partial charge in [0, 0.05) is 6.54 Å². The van der Waals surface area contributed by atoms with Crippen molar-refractivity contribution in [2.45, 2.75) is 6.54 Å². The normalized spacial score (nSPS) is 10.1. The number of aliphatic hydroxyl groups is 1. The number of halogens is 1. The zero-order valence-corrected chi connectivity index (χ0v) is 13.2. The van der Waals surface area contributed by atoms with Gasteiger partial charge in [0.1, 0.15) is 12.4 Å². The van der Waals surface area contributed by atoms with Crippen molar-refractivity contribution in [2.24, 2.45) is 0 Å². The van der Waals surface area contributed by atoms with Crippen molar-refractivity contribution in [1.29, 1.82) is 0 Å². The summed E-state index contributed by atoms with van der Waals surface area (Å²) in [5, 5.41) is 13.9. The molecule has 6 nitrogen and oxygen atoms in total. The molecule has 0 saturated heterocycles. The second-order valence-corrected chi connectivity index (χ2v) is 4.84. The van der Waals surface area contributed by atoms with E-state index in [9.17, 15) is 9.18 Å². The molecule has 2 aromatic rings. The maximum absolute atomic E-state index is 13.5. The molecular weight excluding hydrogens is 315 g/mol. The van der Waals surface area contributed by atoms with Gasteiger partial charge in [-0.3, -0.25) is 0 Å². The molecule has 2 aromatic carbocycles. The first-order valence-electron chi connectivity index (χ1n) is 7.34. The zero-order valence-electron chi connectivity index (χ0n) is 13.2. The van der Waals surface area contributed by atoms with Gasteiger partial charge in [0.05, 0.1) is 19.4 Å². The maximum atomic E-state index is 13.5. The highest BCUT2D eigenvalue weighted by atomic mass is 19.1. The number of carbonyl (C=O) groups excluding carboxylic acids is 1. The summed E-state index contributed by atoms with van der Waals surface area (Å²) in [5.74, 6) is 0.503. The summed E-state index contributed by atoms with van der Waals surface area (Å²) < 4.78 is 24.0. The molecule has 0 fully saturated rings. The predicted molar refractivity (Wildman–Crippen MR) is 87.8 cm³/mol. The number of anilines is 1. The summed E-state index contributed by atoms with van der Waals surface area (Å²) in [6.45, 7) is 0.304. The monoisotopic (exact) mass is 334 g/mol. The van der Waals surface area contributed by atoms with Crippen molar-refractivity contribution in [1.82, 2.24) is 5.32 Å². The quantitative estimate of drug-likeness (QED) is 0.727. The Morgan fingerprint density at radius 1 is 1.21 bits per heavy atom. The highest BCUT2D eigenvalue weighted by Gasteiger charge is 2.08. The third-order valence-corrected chi connectivity index (χ3v) is 3.15. The molecule has 3 N–H and O–H groups in total. The first-order chi connectivity index (χ1) is 11.6. The predicted octanol–water partition coefficient (Wildman–Crippen LogP) is 2.53. The Bertz CT molecular complexity index is 694. The largest absolute Gasteiger partial charge is 0.493 e. The fourth-order valence-corrected chi connectivity index (χ4v) is 2.01. The van der Waals surface area contributed by atoms with Crippen LogP contribution >= 0.6 is 0 Å². The molecule has 0 bridgehead atoms. The topological polar surface area (TPSA) is 79.8 Å². The van der Waals surface area contributed by atoms with E-state index in [-0.39, 0.29) is 25.4 Å². The molecule has 0 saturated carbocycles. The minimum atomic E-state index is -0.514. The lowest BCUT2D eigenvalue weighted by Gasteiger charge is -2.12. The number of hydrogen-bond acceptors (Lipinski definition) is 4. The number of nitrogens with one attached hydrogen (secondary N) is 2. The smallest absolute Gasteiger partial charge is 0.319 e. The minimum absolute atomic E-state index is 0.0946. The van der Waals surface area contributed by atoms with Crippen LogP contribution in [0.2, 0.25) is 0 Å². The van der Waals surface area contributed by atoms with Gasteiger partial charge in [-0.05, 0) is 29.8 Å². The van der Waals surface area contributed by atoms with Crippen LogP contribution in [0.1, 0.15) is 5.56 Å². The first-order valence-corrected chi connectivity index (χ1v) is 7.34. The Morgan fingerprint density at radius 3 is 2.71 bits per heavy atom. The number of aliphatic hydroxyl groups excluding tert-OH is 1. The van der Waals surface area contributed by atoms with Gasteiger partial charge in [-0.2, -0.15) is 0 Å². The lowest BCUT2D eigenvalue weighted by atomic mass is 10.2. The van der Waals surface area contributed by atoms with Crippen LogP contribution in [0.15, 0.2) is 42.5 Å². The molecule has 0 aliphatic carbocycles. The molecule has 2 rings (SSSR count). The fourth-order valence-electron chi connectivity index (χ4n) is 2.01. The van der Waals surface area contributed by atoms with Gasteiger partial charge < -0.3 is 25.2 Å². The Morgan fingerprint density at radius 2 is 2.00 bits per heavy atom. The Kier molecular flexibility index (Phi) is 6.39. The van der Waals surface area contributed by atoms with E-state index in [4.69, 9.17) is 14.6 Å². The summed E-state index contributed by atoms with van der Waals surface area (Å²) in [6.07, 6.45) is 0. The fraction of sp³-hybridized carbons (Fsp3) is 0.235. The van der Waals surface area contributed by atoms with Crippen molar-refractivity contribution in [3.63, 3.8) is 0 Å². The van der Waals surface area contributed by atoms with Gasteiger partial charge in [0.2, 0.25) is 0 Å². The minimum Gasteiger partial charge on any atom is -0.493 e. The molecule has 24 heavy (non-hydrogen) atoms. The van der Waals surface area contributed by atoms with Crippen LogP contribution in [-0.2, 0) is 6.54 Å². The zero-order chi connectivity index (χ0) is 17.4. The summed E-state index contributed by atoms with van der Waals surface area (Å²) in [6, 6.07) is 10.6. The lowest BCUT2D eigenvalue weighted by molar-refractivity contribution is 0.196. The Hall–Kier alpha value is -2.80. The molecule has 0 heterocycles. The van der Waals surface area contributed by atoms with E-state index in [1.165, 1.54) is 19.2 Å². The van der Waals surface area contributed by atoms with Crippen LogP contribution in [-0.4, -0.2) is 31.5 Å². The number of amides is 2. The third-order valence-electron chi connectivity index (χ3n) is 3.15. The third kappa shape index (κ3) is 4.85. The van der Waals surface area contributed by atoms with E-state index in [0.29, 0.717) is 11.5 Å². The second-order valence-electron chi connectivity index (χ2n) is 4.84. The SMILES string of the molecule is COc1cc(CNC(=O)Nc2ccccc2F)ccc1OCCO. The summed E-state index contributed by atoms with van der Waals surface area (Å²) in [4.78, 5) is 11.8. The molecule has 0 aliphatic heterocycles. The van der Waals surface area contributed by atoms with Gasteiger partial charge in [-0.1, -0.05) is 18.2 Å². The molecule has 0 unspecified atom stereocenters. The highest BCUT2D eigenvalue weighted by molar-refractivity contribution is 5.89. The Balaban J connectivity index is 1.93. The summed E-state index contributed by atoms with van der Waals surface area (Å²) in [5.41, 5.74) is 0.896. The average molecular weight is 334 g/mol. The van der Waals surface area contributed by atoms with Crippen molar-refractivity contribution in [3.05, 3.63) is 53.8 Å². The van der Waals surface area contributed by atoms with Crippen molar-refractivity contribution in [3.8, 4) is 11.5 Å². The van der Waals surface area contributed by atoms with Crippen LogP contribution < -0.4 is 20.1 Å². The molecule has 0 atom stereocenters. The van der Waals surface area contributed by atoms with E-state index < -0.39 is 11.8 Å². The first kappa shape index (κ1) is 17.6. The van der Waals surface area contributed by atoms with Gasteiger partial charge in [0.15, 0.2) is 11.5 Å². The number of methoxy groups -OCH3 is 1. The number of benzene rings is 2. The molecule has 0 radical (unpaired) electrons. The Labute approximate surface area is 139 Å². The summed E-state index contributed by atoms with van der Waals surface area (Å²) in [7, 11) is 1.50. The molecular formula is C17H19FN2O4. The number of para-hydroxylation sites is 1. The van der Waals surface area contributed by atoms with Crippen LogP contribution in [0.4, 0.5) is 14.9 Å². The van der Waals surface area contributed by atoms with Crippen LogP contribution in [0.5, 0.6) is 11.5 Å². The van der Waals surface area contributed by atoms with Gasteiger partial charge >= 0.3 is 6.03 Å². The number of urea groups is 1. The summed E-state index contributed by atoms with van der Waals surface area (Å²) >= 11 is 0. The maximum Gasteiger partial charge on any atom is 0.319 e. The van der Waals surface area contributed by atoms with Crippen LogP contribution in [0.3, 0.4) is 0 Å². The van der Waals surface area contributed by atoms with Gasteiger partial charge in [-0.15, -0.1) is 0 Å². The molecule has 0 aromatic heterocycles. The van der Waals surface area contributed by atoms with Gasteiger partial charge in [0.25, 0.3) is 0 Å². The van der Waals surface area contributed by atoms with Crippen molar-refractivity contribution < 1.29 is 23.8 Å². The van der Waals surface area contributed by atoms with E-state index >= 15 is 0 Å². The standard InChI is InChI=1S/C17H19FN2O4/c1-23-16-10-12(6-7-15(16)24-9-8-21)11-19-17(22)20-14-5-3-2-4-13(14)18/h2-7,10,21H,8-9,11H2,1H3,(H2,19,20,22). The van der Waals surface area contributed by atoms with E-state index in [1.54, 1.807) is 30.3 Å². The van der Waals surface area contributed by atoms with Gasteiger partial charge in [-0.25, -0.2) is 9.18 Å². The number of ether oxygens (including phenoxy) is 2. The lowest BCUT2D eigenvalue weighted by Crippen LogP contribution is -2.28. The average Bonchev–Trinajstić information content (AvgIpc) is 2.60.